The van der Waals surface area contributed by atoms with Gasteiger partial charge in [-0.1, -0.05) is 12.1 Å². The highest BCUT2D eigenvalue weighted by atomic mass is 16.5. The maximum Gasteiger partial charge on any atom is 0.345 e. The van der Waals surface area contributed by atoms with Gasteiger partial charge in [-0.25, -0.2) is 9.78 Å². The monoisotopic (exact) mass is 326 g/mol. The van der Waals surface area contributed by atoms with Gasteiger partial charge in [0.2, 0.25) is 0 Å². The van der Waals surface area contributed by atoms with Crippen LogP contribution in [0, 0.1) is 0 Å². The average Bonchev–Trinajstić information content (AvgIpc) is 2.59. The van der Waals surface area contributed by atoms with Crippen LogP contribution in [0.1, 0.15) is 15.9 Å². The standard InChI is InChI=1S/C17H14N2O5/c1-24-11-6-4-10(5-7-11)9-19-15-12(3-2-8-18-15)14(20)13(16(19)21)17(22)23/h2-8,20H,9H2,1H3,(H,22,23). The van der Waals surface area contributed by atoms with Gasteiger partial charge in [-0.15, -0.1) is 0 Å². The molecule has 0 amide bonds. The van der Waals surface area contributed by atoms with Crippen molar-refractivity contribution in [3.8, 4) is 11.5 Å². The number of carboxylic acid groups (broad SMARTS) is 1. The maximum absolute atomic E-state index is 12.5. The van der Waals surface area contributed by atoms with Crippen LogP contribution < -0.4 is 10.3 Å². The topological polar surface area (TPSA) is 102 Å². The lowest BCUT2D eigenvalue weighted by Crippen LogP contribution is -2.28. The van der Waals surface area contributed by atoms with Crippen molar-refractivity contribution in [2.75, 3.05) is 7.11 Å². The third-order valence-electron chi connectivity index (χ3n) is 3.71. The van der Waals surface area contributed by atoms with Crippen LogP contribution in [0.4, 0.5) is 0 Å². The molecule has 0 fully saturated rings. The van der Waals surface area contributed by atoms with E-state index in [1.165, 1.54) is 16.8 Å². The lowest BCUT2D eigenvalue weighted by molar-refractivity contribution is 0.0691. The summed E-state index contributed by atoms with van der Waals surface area (Å²) in [6.45, 7) is 0.122. The first kappa shape index (κ1) is 15.5. The number of carbonyl (C=O) groups is 1. The van der Waals surface area contributed by atoms with Crippen molar-refractivity contribution in [3.63, 3.8) is 0 Å². The van der Waals surface area contributed by atoms with Crippen molar-refractivity contribution >= 4 is 17.0 Å². The van der Waals surface area contributed by atoms with Crippen LogP contribution in [0.3, 0.4) is 0 Å². The molecule has 2 aromatic heterocycles. The number of hydrogen-bond donors (Lipinski definition) is 2. The average molecular weight is 326 g/mol. The number of aromatic nitrogens is 2. The Bertz CT molecular complexity index is 977. The van der Waals surface area contributed by atoms with Crippen molar-refractivity contribution in [1.29, 1.82) is 0 Å². The molecule has 2 N–H and O–H groups in total. The van der Waals surface area contributed by atoms with E-state index in [2.05, 4.69) is 4.98 Å². The zero-order chi connectivity index (χ0) is 17.3. The Morgan fingerprint density at radius 3 is 2.58 bits per heavy atom. The minimum atomic E-state index is -1.48. The molecule has 122 valence electrons. The van der Waals surface area contributed by atoms with Gasteiger partial charge in [0.15, 0.2) is 5.56 Å². The predicted molar refractivity (Wildman–Crippen MR) is 86.7 cm³/mol. The summed E-state index contributed by atoms with van der Waals surface area (Å²) < 4.78 is 6.32. The lowest BCUT2D eigenvalue weighted by Gasteiger charge is -2.13. The molecule has 3 rings (SSSR count). The Labute approximate surface area is 136 Å². The number of rotatable bonds is 4. The molecule has 7 heteroatoms. The smallest absolute Gasteiger partial charge is 0.345 e. The largest absolute Gasteiger partial charge is 0.506 e. The predicted octanol–water partition coefficient (Wildman–Crippen LogP) is 1.86. The van der Waals surface area contributed by atoms with E-state index in [4.69, 9.17) is 4.74 Å². The summed E-state index contributed by atoms with van der Waals surface area (Å²) in [5.74, 6) is -1.38. The van der Waals surface area contributed by atoms with Gasteiger partial charge in [-0.3, -0.25) is 9.36 Å². The molecule has 0 saturated carbocycles. The number of nitrogens with zero attached hydrogens (tertiary/aromatic N) is 2. The van der Waals surface area contributed by atoms with E-state index in [1.54, 1.807) is 37.4 Å². The first-order chi connectivity index (χ1) is 11.5. The quantitative estimate of drug-likeness (QED) is 0.759. The number of methoxy groups -OCH3 is 1. The molecule has 0 aliphatic heterocycles. The SMILES string of the molecule is COc1ccc(Cn2c(=O)c(C(=O)O)c(O)c3cccnc32)cc1. The van der Waals surface area contributed by atoms with Crippen LogP contribution in [0.2, 0.25) is 0 Å². The molecule has 0 unspecified atom stereocenters. The molecular weight excluding hydrogens is 312 g/mol. The van der Waals surface area contributed by atoms with Crippen molar-refractivity contribution in [2.45, 2.75) is 6.54 Å². The summed E-state index contributed by atoms with van der Waals surface area (Å²) in [4.78, 5) is 28.0. The van der Waals surface area contributed by atoms with Gasteiger partial charge < -0.3 is 14.9 Å². The second-order valence-electron chi connectivity index (χ2n) is 5.14. The van der Waals surface area contributed by atoms with Crippen LogP contribution >= 0.6 is 0 Å². The second kappa shape index (κ2) is 6.04. The third kappa shape index (κ3) is 2.56. The number of pyridine rings is 2. The van der Waals surface area contributed by atoms with Gasteiger partial charge in [0.1, 0.15) is 17.1 Å². The number of fused-ring (bicyclic) bond motifs is 1. The van der Waals surface area contributed by atoms with E-state index in [-0.39, 0.29) is 17.6 Å². The second-order valence-corrected chi connectivity index (χ2v) is 5.14. The summed E-state index contributed by atoms with van der Waals surface area (Å²) in [5, 5.41) is 19.6. The summed E-state index contributed by atoms with van der Waals surface area (Å²) >= 11 is 0. The number of hydrogen-bond acceptors (Lipinski definition) is 5. The Morgan fingerprint density at radius 1 is 1.25 bits per heavy atom. The molecule has 0 aliphatic rings. The zero-order valence-electron chi connectivity index (χ0n) is 12.8. The van der Waals surface area contributed by atoms with Gasteiger partial charge in [0.05, 0.1) is 19.0 Å². The van der Waals surface area contributed by atoms with Crippen LogP contribution in [0.25, 0.3) is 11.0 Å². The minimum Gasteiger partial charge on any atom is -0.506 e. The first-order valence-electron chi connectivity index (χ1n) is 7.09. The molecule has 0 spiro atoms. The molecule has 0 atom stereocenters. The summed E-state index contributed by atoms with van der Waals surface area (Å²) in [6.07, 6.45) is 1.48. The van der Waals surface area contributed by atoms with Gasteiger partial charge in [-0.2, -0.15) is 0 Å². The van der Waals surface area contributed by atoms with Crippen molar-refractivity contribution in [2.24, 2.45) is 0 Å². The molecule has 0 saturated heterocycles. The number of benzene rings is 1. The molecule has 3 aromatic rings. The lowest BCUT2D eigenvalue weighted by atomic mass is 10.1. The van der Waals surface area contributed by atoms with Gasteiger partial charge in [0.25, 0.3) is 5.56 Å². The van der Waals surface area contributed by atoms with Crippen LogP contribution in [-0.2, 0) is 6.54 Å². The highest BCUT2D eigenvalue weighted by Crippen LogP contribution is 2.25. The van der Waals surface area contributed by atoms with E-state index in [0.29, 0.717) is 5.75 Å². The highest BCUT2D eigenvalue weighted by molar-refractivity contribution is 5.97. The van der Waals surface area contributed by atoms with E-state index in [1.807, 2.05) is 0 Å². The van der Waals surface area contributed by atoms with Crippen molar-refractivity contribution in [3.05, 3.63) is 64.1 Å². The Kier molecular flexibility index (Phi) is 3.91. The molecule has 24 heavy (non-hydrogen) atoms. The van der Waals surface area contributed by atoms with E-state index in [0.717, 1.165) is 5.56 Å². The number of aromatic hydroxyl groups is 1. The van der Waals surface area contributed by atoms with Gasteiger partial charge in [0, 0.05) is 6.20 Å². The first-order valence-corrected chi connectivity index (χ1v) is 7.09. The maximum atomic E-state index is 12.5. The highest BCUT2D eigenvalue weighted by Gasteiger charge is 2.22. The fourth-order valence-electron chi connectivity index (χ4n) is 2.52. The minimum absolute atomic E-state index is 0.122. The van der Waals surface area contributed by atoms with Crippen LogP contribution in [0.5, 0.6) is 11.5 Å². The van der Waals surface area contributed by atoms with Gasteiger partial charge in [-0.05, 0) is 29.8 Å². The Hall–Kier alpha value is -3.35. The van der Waals surface area contributed by atoms with E-state index < -0.39 is 22.8 Å². The number of ether oxygens (including phenoxy) is 1. The normalized spacial score (nSPS) is 10.7. The molecule has 7 nitrogen and oxygen atoms in total. The molecule has 0 radical (unpaired) electrons. The zero-order valence-corrected chi connectivity index (χ0v) is 12.8. The molecule has 2 heterocycles. The Morgan fingerprint density at radius 2 is 1.96 bits per heavy atom. The third-order valence-corrected chi connectivity index (χ3v) is 3.71. The molecule has 1 aromatic carbocycles. The van der Waals surface area contributed by atoms with E-state index >= 15 is 0 Å². The van der Waals surface area contributed by atoms with E-state index in [9.17, 15) is 19.8 Å². The summed E-state index contributed by atoms with van der Waals surface area (Å²) in [7, 11) is 1.55. The number of carboxylic acids is 1. The molecular formula is C17H14N2O5. The fraction of sp³-hybridized carbons (Fsp3) is 0.118. The number of aromatic carboxylic acids is 1. The van der Waals surface area contributed by atoms with Crippen molar-refractivity contribution in [1.82, 2.24) is 9.55 Å². The fourth-order valence-corrected chi connectivity index (χ4v) is 2.52. The van der Waals surface area contributed by atoms with Crippen LogP contribution in [0.15, 0.2) is 47.4 Å². The van der Waals surface area contributed by atoms with Crippen molar-refractivity contribution < 1.29 is 19.7 Å². The summed E-state index contributed by atoms with van der Waals surface area (Å²) in [6, 6.07) is 10.1. The van der Waals surface area contributed by atoms with Crippen LogP contribution in [-0.4, -0.2) is 32.8 Å². The molecule has 0 bridgehead atoms. The van der Waals surface area contributed by atoms with Gasteiger partial charge >= 0.3 is 5.97 Å². The molecule has 0 aliphatic carbocycles. The summed E-state index contributed by atoms with van der Waals surface area (Å²) in [5.41, 5.74) is -0.473. The Balaban J connectivity index is 2.22.